The van der Waals surface area contributed by atoms with Crippen molar-refractivity contribution in [3.8, 4) is 0 Å². The normalized spacial score (nSPS) is 12.1. The van der Waals surface area contributed by atoms with Crippen molar-refractivity contribution in [2.24, 2.45) is 0 Å². The van der Waals surface area contributed by atoms with Crippen LogP contribution in [-0.2, 0) is 0 Å². The van der Waals surface area contributed by atoms with E-state index in [2.05, 4.69) is 15.0 Å². The first-order valence-electron chi connectivity index (χ1n) is 11.3. The van der Waals surface area contributed by atoms with Crippen molar-refractivity contribution in [2.45, 2.75) is 27.7 Å². The van der Waals surface area contributed by atoms with E-state index in [4.69, 9.17) is 0 Å². The largest absolute Gasteiger partial charge is 0.355 e. The van der Waals surface area contributed by atoms with Crippen LogP contribution in [0, 0.1) is 0 Å². The van der Waals surface area contributed by atoms with E-state index >= 15 is 0 Å². The van der Waals surface area contributed by atoms with Gasteiger partial charge in [-0.25, -0.2) is 9.97 Å². The molecule has 0 aliphatic carbocycles. The molecule has 0 amide bonds. The van der Waals surface area contributed by atoms with Gasteiger partial charge in [-0.2, -0.15) is 0 Å². The van der Waals surface area contributed by atoms with E-state index in [0.29, 0.717) is 22.8 Å². The minimum atomic E-state index is -0.458. The fourth-order valence-corrected chi connectivity index (χ4v) is 4.67. The van der Waals surface area contributed by atoms with Gasteiger partial charge in [0, 0.05) is 18.0 Å². The molecule has 3 aromatic heterocycles. The predicted octanol–water partition coefficient (Wildman–Crippen LogP) is 5.40. The Morgan fingerprint density at radius 2 is 1.19 bits per heavy atom. The number of ketones is 3. The Morgan fingerprint density at radius 3 is 1.75 bits per heavy atom. The molecule has 5 rings (SSSR count). The summed E-state index contributed by atoms with van der Waals surface area (Å²) >= 11 is 0. The van der Waals surface area contributed by atoms with Gasteiger partial charge in [-0.15, -0.1) is 0 Å². The third-order valence-electron chi connectivity index (χ3n) is 6.04. The van der Waals surface area contributed by atoms with E-state index in [0.717, 1.165) is 11.0 Å². The van der Waals surface area contributed by atoms with Gasteiger partial charge in [0.2, 0.25) is 5.91 Å². The number of aromatic nitrogens is 4. The van der Waals surface area contributed by atoms with E-state index in [1.54, 1.807) is 24.3 Å². The quantitative estimate of drug-likeness (QED) is 0.347. The lowest BCUT2D eigenvalue weighted by molar-refractivity contribution is 0.0946. The molecule has 0 fully saturated rings. The number of Topliss-reactive ketones (excluding diaryl/α,β-unsaturated/α-hetero) is 3. The lowest BCUT2D eigenvalue weighted by atomic mass is 10.00. The first-order valence-corrected chi connectivity index (χ1v) is 11.3. The van der Waals surface area contributed by atoms with Crippen LogP contribution in [0.15, 0.2) is 30.3 Å². The third kappa shape index (κ3) is 3.82. The summed E-state index contributed by atoms with van der Waals surface area (Å²) in [6.45, 7) is 5.32. The maximum atomic E-state index is 13.0. The fraction of sp³-hybridized carbons (Fsp3) is 0.143. The van der Waals surface area contributed by atoms with Gasteiger partial charge in [0.25, 0.3) is 0 Å². The number of hydrogen-bond donors (Lipinski definition) is 1. The summed E-state index contributed by atoms with van der Waals surface area (Å²) in [5.74, 6) is -1.70. The topological polar surface area (TPSA) is 115 Å². The smallest absolute Gasteiger partial charge is 0.228 e. The Bertz CT molecular complexity index is 1750. The van der Waals surface area contributed by atoms with Gasteiger partial charge in [0.1, 0.15) is 0 Å². The first-order chi connectivity index (χ1) is 17.1. The van der Waals surface area contributed by atoms with Crippen LogP contribution in [0.3, 0.4) is 0 Å². The number of fused-ring (bicyclic) bond motifs is 8. The van der Waals surface area contributed by atoms with Crippen molar-refractivity contribution < 1.29 is 19.2 Å². The highest BCUT2D eigenvalue weighted by Gasteiger charge is 2.28. The molecule has 5 heterocycles. The van der Waals surface area contributed by atoms with Crippen LogP contribution in [0.4, 0.5) is 0 Å². The average Bonchev–Trinajstić information content (AvgIpc) is 3.56. The number of nitrogens with zero attached hydrogens (tertiary/aromatic N) is 3. The lowest BCUT2D eigenvalue weighted by Crippen LogP contribution is -2.10. The zero-order chi connectivity index (χ0) is 25.7. The molecule has 1 N–H and O–H groups in total. The Kier molecular flexibility index (Phi) is 5.44. The second kappa shape index (κ2) is 8.49. The molecule has 0 radical (unpaired) electrons. The Hall–Kier alpha value is -4.72. The molecule has 0 aromatic carbocycles. The molecule has 8 nitrogen and oxygen atoms in total. The maximum Gasteiger partial charge on any atom is 0.228 e. The van der Waals surface area contributed by atoms with Crippen molar-refractivity contribution in [2.75, 3.05) is 0 Å². The monoisotopic (exact) mass is 478 g/mol. The van der Waals surface area contributed by atoms with E-state index in [-0.39, 0.29) is 27.7 Å². The van der Waals surface area contributed by atoms with Gasteiger partial charge in [0.15, 0.2) is 17.3 Å². The number of aromatic amines is 1. The molecule has 2 aliphatic rings. The molecule has 0 atom stereocenters. The zero-order valence-corrected chi connectivity index (χ0v) is 20.2. The van der Waals surface area contributed by atoms with Crippen molar-refractivity contribution in [3.63, 3.8) is 0 Å². The average molecular weight is 479 g/mol. The molecular formula is C28H22N4O4. The van der Waals surface area contributed by atoms with Crippen molar-refractivity contribution in [1.82, 2.24) is 19.5 Å². The van der Waals surface area contributed by atoms with Gasteiger partial charge in [-0.05, 0) is 75.4 Å². The van der Waals surface area contributed by atoms with Crippen LogP contribution in [0.2, 0.25) is 0 Å². The number of carbonyl (C=O) groups is 4. The lowest BCUT2D eigenvalue weighted by Gasteiger charge is -2.06. The van der Waals surface area contributed by atoms with Crippen LogP contribution in [0.5, 0.6) is 0 Å². The Labute approximate surface area is 206 Å². The van der Waals surface area contributed by atoms with Crippen LogP contribution >= 0.6 is 0 Å². The van der Waals surface area contributed by atoms with Crippen molar-refractivity contribution in [1.29, 1.82) is 0 Å². The van der Waals surface area contributed by atoms with Gasteiger partial charge in [-0.3, -0.25) is 23.7 Å². The number of H-pyrrole nitrogens is 1. The van der Waals surface area contributed by atoms with E-state index in [9.17, 15) is 19.2 Å². The second-order valence-corrected chi connectivity index (χ2v) is 8.73. The van der Waals surface area contributed by atoms with Gasteiger partial charge in [-0.1, -0.05) is 0 Å². The number of nitrogens with one attached hydrogen (secondary N) is 1. The van der Waals surface area contributed by atoms with Gasteiger partial charge < -0.3 is 4.98 Å². The van der Waals surface area contributed by atoms with Crippen molar-refractivity contribution in [3.05, 3.63) is 69.8 Å². The number of carbonyl (C=O) groups excluding carboxylic acids is 4. The predicted molar refractivity (Wildman–Crippen MR) is 139 cm³/mol. The summed E-state index contributed by atoms with van der Waals surface area (Å²) in [5.41, 5.74) is 4.12. The summed E-state index contributed by atoms with van der Waals surface area (Å²) in [6.07, 6.45) is 6.99. The van der Waals surface area contributed by atoms with E-state index < -0.39 is 23.3 Å². The van der Waals surface area contributed by atoms with Gasteiger partial charge >= 0.3 is 0 Å². The highest BCUT2D eigenvalue weighted by atomic mass is 16.2. The minimum absolute atomic E-state index is 0.0129. The van der Waals surface area contributed by atoms with Crippen LogP contribution in [0.1, 0.15) is 86.3 Å². The summed E-state index contributed by atoms with van der Waals surface area (Å²) < 4.78 is 1.25. The standard InChI is InChI=1S/C28H22N4O4/c1-14(33)25-23-10-9-21(31-23)12-20-6-5-18(29-20)11-19-7-8-22(30-19)13-24-26(15(2)34)27(16(3)35)28(25)32(24)17(4)36/h5-13,29H,1-4H3. The molecule has 0 saturated heterocycles. The fourth-order valence-electron chi connectivity index (χ4n) is 4.67. The molecule has 2 aliphatic heterocycles. The number of hydrogen-bond acceptors (Lipinski definition) is 6. The van der Waals surface area contributed by atoms with Crippen LogP contribution in [0.25, 0.3) is 46.4 Å². The second-order valence-electron chi connectivity index (χ2n) is 8.73. The molecule has 36 heavy (non-hydrogen) atoms. The summed E-state index contributed by atoms with van der Waals surface area (Å²) in [6, 6.07) is 9.11. The summed E-state index contributed by atoms with van der Waals surface area (Å²) in [4.78, 5) is 64.4. The SMILES string of the molecule is CC(=O)c1c(C(C)=O)c2c(C(C)=O)c3nc(cc4ccc(cc5nc(cc1n2C(C)=O)C=C5)[nH]4)C=C3. The molecule has 8 bridgehead atoms. The van der Waals surface area contributed by atoms with Crippen LogP contribution in [-0.4, -0.2) is 42.8 Å². The molecule has 0 unspecified atom stereocenters. The first kappa shape index (κ1) is 23.0. The Balaban J connectivity index is 2.14. The Morgan fingerprint density at radius 1 is 0.667 bits per heavy atom. The molecular weight excluding hydrogens is 456 g/mol. The maximum absolute atomic E-state index is 13.0. The highest BCUT2D eigenvalue weighted by molar-refractivity contribution is 6.22. The minimum Gasteiger partial charge on any atom is -0.355 e. The number of rotatable bonds is 3. The molecule has 3 aromatic rings. The molecule has 178 valence electrons. The van der Waals surface area contributed by atoms with E-state index in [1.807, 2.05) is 30.3 Å². The van der Waals surface area contributed by atoms with Crippen LogP contribution < -0.4 is 0 Å². The highest BCUT2D eigenvalue weighted by Crippen LogP contribution is 2.32. The molecule has 0 spiro atoms. The third-order valence-corrected chi connectivity index (χ3v) is 6.04. The molecule has 0 saturated carbocycles. The summed E-state index contributed by atoms with van der Waals surface area (Å²) in [7, 11) is 0. The molecule has 8 heteroatoms. The van der Waals surface area contributed by atoms with E-state index in [1.165, 1.54) is 32.3 Å². The van der Waals surface area contributed by atoms with Crippen molar-refractivity contribution >= 4 is 69.6 Å². The van der Waals surface area contributed by atoms with Gasteiger partial charge in [0.05, 0.1) is 50.5 Å². The zero-order valence-electron chi connectivity index (χ0n) is 20.2. The summed E-state index contributed by atoms with van der Waals surface area (Å²) in [5, 5.41) is 0.